The molecule has 0 aliphatic rings. The summed E-state index contributed by atoms with van der Waals surface area (Å²) < 4.78 is 35.2. The van der Waals surface area contributed by atoms with Gasteiger partial charge >= 0.3 is 10.1 Å². The first-order chi connectivity index (χ1) is 15.7. The van der Waals surface area contributed by atoms with Crippen LogP contribution in [-0.2, 0) is 14.9 Å². The zero-order chi connectivity index (χ0) is 24.0. The number of nitriles is 1. The van der Waals surface area contributed by atoms with Crippen LogP contribution < -0.4 is 14.2 Å². The lowest BCUT2D eigenvalue weighted by molar-refractivity contribution is -0.112. The Balaban J connectivity index is 1.77. The molecule has 0 atom stereocenters. The fourth-order valence-corrected chi connectivity index (χ4v) is 3.95. The summed E-state index contributed by atoms with van der Waals surface area (Å²) in [5, 5.41) is 12.0. The van der Waals surface area contributed by atoms with E-state index >= 15 is 0 Å². The maximum Gasteiger partial charge on any atom is 0.339 e. The number of benzene rings is 3. The monoisotopic (exact) mass is 482 g/mol. The molecule has 0 radical (unpaired) electrons. The van der Waals surface area contributed by atoms with Gasteiger partial charge in [0.2, 0.25) is 0 Å². The molecule has 168 valence electrons. The van der Waals surface area contributed by atoms with E-state index in [9.17, 15) is 18.5 Å². The smallest absolute Gasteiger partial charge is 0.339 e. The van der Waals surface area contributed by atoms with E-state index in [1.54, 1.807) is 36.4 Å². The van der Waals surface area contributed by atoms with Gasteiger partial charge in [0.05, 0.1) is 12.1 Å². The zero-order valence-corrected chi connectivity index (χ0v) is 19.3. The van der Waals surface area contributed by atoms with Crippen molar-refractivity contribution in [3.63, 3.8) is 0 Å². The lowest BCUT2D eigenvalue weighted by Gasteiger charge is -2.09. The number of halogens is 1. The fourth-order valence-electron chi connectivity index (χ4n) is 2.73. The highest BCUT2D eigenvalue weighted by Gasteiger charge is 2.18. The van der Waals surface area contributed by atoms with Crippen LogP contribution in [0, 0.1) is 18.3 Å². The Kier molecular flexibility index (Phi) is 7.38. The van der Waals surface area contributed by atoms with E-state index in [2.05, 4.69) is 5.32 Å². The first-order valence-electron chi connectivity index (χ1n) is 9.60. The van der Waals surface area contributed by atoms with Gasteiger partial charge in [-0.15, -0.1) is 0 Å². The van der Waals surface area contributed by atoms with E-state index in [1.165, 1.54) is 43.5 Å². The molecule has 0 bridgehead atoms. The Morgan fingerprint density at radius 2 is 1.73 bits per heavy atom. The Labute approximate surface area is 197 Å². The van der Waals surface area contributed by atoms with Crippen molar-refractivity contribution in [1.82, 2.24) is 0 Å². The number of amides is 1. The van der Waals surface area contributed by atoms with Crippen molar-refractivity contribution in [2.45, 2.75) is 11.8 Å². The maximum absolute atomic E-state index is 12.5. The van der Waals surface area contributed by atoms with Crippen molar-refractivity contribution in [3.8, 4) is 17.6 Å². The van der Waals surface area contributed by atoms with Crippen LogP contribution in [0.2, 0.25) is 5.02 Å². The van der Waals surface area contributed by atoms with Gasteiger partial charge in [0.1, 0.15) is 22.3 Å². The van der Waals surface area contributed by atoms with Crippen LogP contribution in [0.15, 0.2) is 77.2 Å². The van der Waals surface area contributed by atoms with Crippen LogP contribution in [0.3, 0.4) is 0 Å². The average Bonchev–Trinajstić information content (AvgIpc) is 2.79. The van der Waals surface area contributed by atoms with Crippen LogP contribution in [0.25, 0.3) is 6.08 Å². The molecule has 0 aliphatic heterocycles. The molecule has 33 heavy (non-hydrogen) atoms. The van der Waals surface area contributed by atoms with Gasteiger partial charge in [-0.3, -0.25) is 4.79 Å². The quantitative estimate of drug-likeness (QED) is 0.289. The fraction of sp³-hybridized carbons (Fsp3) is 0.0833. The largest absolute Gasteiger partial charge is 0.497 e. The van der Waals surface area contributed by atoms with Crippen LogP contribution in [0.4, 0.5) is 5.69 Å². The molecule has 0 aromatic heterocycles. The average molecular weight is 483 g/mol. The first kappa shape index (κ1) is 23.9. The van der Waals surface area contributed by atoms with Crippen molar-refractivity contribution >= 4 is 39.4 Å². The highest BCUT2D eigenvalue weighted by molar-refractivity contribution is 7.87. The molecule has 0 saturated heterocycles. The van der Waals surface area contributed by atoms with Gasteiger partial charge in [-0.2, -0.15) is 13.7 Å². The maximum atomic E-state index is 12.5. The predicted octanol–water partition coefficient (Wildman–Crippen LogP) is 4.97. The summed E-state index contributed by atoms with van der Waals surface area (Å²) in [6.45, 7) is 1.84. The van der Waals surface area contributed by atoms with Crippen molar-refractivity contribution < 1.29 is 22.1 Å². The van der Waals surface area contributed by atoms with Crippen LogP contribution in [0.5, 0.6) is 11.5 Å². The van der Waals surface area contributed by atoms with Crippen molar-refractivity contribution in [2.75, 3.05) is 12.4 Å². The number of rotatable bonds is 7. The number of carbonyl (C=O) groups excluding carboxylic acids is 1. The number of carbonyl (C=O) groups is 1. The third-order valence-electron chi connectivity index (χ3n) is 4.49. The molecule has 0 spiro atoms. The molecule has 0 saturated carbocycles. The highest BCUT2D eigenvalue weighted by Crippen LogP contribution is 2.29. The normalized spacial score (nSPS) is 11.4. The molecule has 0 unspecified atom stereocenters. The summed E-state index contributed by atoms with van der Waals surface area (Å²) in [6, 6.07) is 18.9. The summed E-state index contributed by atoms with van der Waals surface area (Å²) in [5.41, 5.74) is 1.65. The molecule has 9 heteroatoms. The molecule has 3 rings (SSSR count). The van der Waals surface area contributed by atoms with Gasteiger partial charge in [-0.25, -0.2) is 0 Å². The van der Waals surface area contributed by atoms with Gasteiger partial charge in [0.25, 0.3) is 5.91 Å². The third-order valence-corrected chi connectivity index (χ3v) is 6.03. The van der Waals surface area contributed by atoms with Crippen molar-refractivity contribution in [1.29, 1.82) is 5.26 Å². The van der Waals surface area contributed by atoms with Crippen LogP contribution in [-0.4, -0.2) is 21.4 Å². The number of hydrogen-bond acceptors (Lipinski definition) is 6. The van der Waals surface area contributed by atoms with Gasteiger partial charge in [0.15, 0.2) is 5.75 Å². The standard InChI is InChI=1S/C24H19ClN2O5S/c1-16-3-10-21(11-4-16)33(29,30)32-23-12-5-17(14-22(23)25)13-18(15-26)24(28)27-19-6-8-20(31-2)9-7-19/h3-14H,1-2H3,(H,27,28)/b18-13+. The summed E-state index contributed by atoms with van der Waals surface area (Å²) in [6.07, 6.45) is 1.34. The van der Waals surface area contributed by atoms with E-state index in [1.807, 2.05) is 13.0 Å². The Morgan fingerprint density at radius 1 is 1.06 bits per heavy atom. The number of methoxy groups -OCH3 is 1. The lowest BCUT2D eigenvalue weighted by atomic mass is 10.1. The SMILES string of the molecule is COc1ccc(NC(=O)/C(C#N)=C/c2ccc(OS(=O)(=O)c3ccc(C)cc3)c(Cl)c2)cc1. The summed E-state index contributed by atoms with van der Waals surface area (Å²) >= 11 is 6.20. The predicted molar refractivity (Wildman–Crippen MR) is 126 cm³/mol. The highest BCUT2D eigenvalue weighted by atomic mass is 35.5. The topological polar surface area (TPSA) is 105 Å². The summed E-state index contributed by atoms with van der Waals surface area (Å²) in [5.74, 6) is -0.0537. The minimum absolute atomic E-state index is 0.00453. The van der Waals surface area contributed by atoms with E-state index in [4.69, 9.17) is 20.5 Å². The van der Waals surface area contributed by atoms with Crippen LogP contribution >= 0.6 is 11.6 Å². The Morgan fingerprint density at radius 3 is 2.30 bits per heavy atom. The van der Waals surface area contributed by atoms with Gasteiger partial charge in [-0.1, -0.05) is 35.4 Å². The molecule has 3 aromatic carbocycles. The molecule has 1 N–H and O–H groups in total. The Bertz CT molecular complexity index is 1340. The molecular weight excluding hydrogens is 464 g/mol. The second-order valence-corrected chi connectivity index (χ2v) is 8.85. The second kappa shape index (κ2) is 10.2. The molecular formula is C24H19ClN2O5S. The first-order valence-corrected chi connectivity index (χ1v) is 11.4. The summed E-state index contributed by atoms with van der Waals surface area (Å²) in [7, 11) is -2.54. The minimum atomic E-state index is -4.07. The molecule has 0 aliphatic carbocycles. The number of aryl methyl sites for hydroxylation is 1. The van der Waals surface area contributed by atoms with Crippen molar-refractivity contribution in [3.05, 3.63) is 88.5 Å². The number of anilines is 1. The number of nitrogens with zero attached hydrogens (tertiary/aromatic N) is 1. The molecule has 0 heterocycles. The van der Waals surface area contributed by atoms with E-state index in [0.717, 1.165) is 5.56 Å². The molecule has 3 aromatic rings. The van der Waals surface area contributed by atoms with E-state index < -0.39 is 16.0 Å². The number of ether oxygens (including phenoxy) is 1. The van der Waals surface area contributed by atoms with Gasteiger partial charge in [0, 0.05) is 5.69 Å². The minimum Gasteiger partial charge on any atom is -0.497 e. The number of nitrogens with one attached hydrogen (secondary N) is 1. The van der Waals surface area contributed by atoms with E-state index in [-0.39, 0.29) is 21.2 Å². The van der Waals surface area contributed by atoms with Gasteiger partial charge in [-0.05, 0) is 67.1 Å². The molecule has 7 nitrogen and oxygen atoms in total. The Hall–Kier alpha value is -3.80. The van der Waals surface area contributed by atoms with Crippen LogP contribution in [0.1, 0.15) is 11.1 Å². The second-order valence-electron chi connectivity index (χ2n) is 6.89. The third kappa shape index (κ3) is 6.13. The van der Waals surface area contributed by atoms with Crippen molar-refractivity contribution in [2.24, 2.45) is 0 Å². The zero-order valence-electron chi connectivity index (χ0n) is 17.7. The van der Waals surface area contributed by atoms with E-state index in [0.29, 0.717) is 17.0 Å². The lowest BCUT2D eigenvalue weighted by Crippen LogP contribution is -2.13. The van der Waals surface area contributed by atoms with Gasteiger partial charge < -0.3 is 14.2 Å². The number of hydrogen-bond donors (Lipinski definition) is 1. The summed E-state index contributed by atoms with van der Waals surface area (Å²) in [4.78, 5) is 12.4. The molecule has 0 fully saturated rings. The molecule has 1 amide bonds.